The van der Waals surface area contributed by atoms with Gasteiger partial charge in [-0.3, -0.25) is 44.1 Å². The molecule has 0 saturated carbocycles. The fraction of sp³-hybridized carbons (Fsp3) is 0.381. The minimum atomic E-state index is -1.01. The van der Waals surface area contributed by atoms with Crippen molar-refractivity contribution in [2.75, 3.05) is 33.9 Å². The zero-order valence-corrected chi connectivity index (χ0v) is 33.0. The molecule has 2 fully saturated rings. The highest BCUT2D eigenvalue weighted by molar-refractivity contribution is 6.23. The first-order valence-corrected chi connectivity index (χ1v) is 19.5. The van der Waals surface area contributed by atoms with Gasteiger partial charge in [0, 0.05) is 57.3 Å². The summed E-state index contributed by atoms with van der Waals surface area (Å²) in [4.78, 5) is 70.2. The zero-order valence-electron chi connectivity index (χ0n) is 33.0. The first kappa shape index (κ1) is 39.5. The number of hydrogen-bond acceptors (Lipinski definition) is 13. The Morgan fingerprint density at radius 2 is 1.61 bits per heavy atom. The molecule has 4 amide bonds. The highest BCUT2D eigenvalue weighted by atomic mass is 16.5. The van der Waals surface area contributed by atoms with Crippen LogP contribution < -0.4 is 20.3 Å². The van der Waals surface area contributed by atoms with Gasteiger partial charge in [-0.05, 0) is 66.1 Å². The summed E-state index contributed by atoms with van der Waals surface area (Å²) in [5.41, 5.74) is 4.46. The van der Waals surface area contributed by atoms with E-state index in [0.29, 0.717) is 54.4 Å². The molecule has 0 aliphatic carbocycles. The van der Waals surface area contributed by atoms with E-state index in [4.69, 9.17) is 18.9 Å². The second-order valence-electron chi connectivity index (χ2n) is 14.9. The number of pyridine rings is 2. The molecule has 0 bridgehead atoms. The third-order valence-electron chi connectivity index (χ3n) is 11.1. The minimum absolute atomic E-state index is 0.0637. The summed E-state index contributed by atoms with van der Waals surface area (Å²) < 4.78 is 27.1. The Bertz CT molecular complexity index is 2480. The van der Waals surface area contributed by atoms with Crippen LogP contribution in [0.5, 0.6) is 11.5 Å². The van der Waals surface area contributed by atoms with E-state index in [1.54, 1.807) is 61.1 Å². The Balaban J connectivity index is 0.796. The number of aromatic nitrogens is 5. The number of carbonyl (C=O) groups is 4. The molecule has 6 heterocycles. The van der Waals surface area contributed by atoms with Crippen molar-refractivity contribution in [3.63, 3.8) is 0 Å². The molecule has 3 aliphatic rings. The lowest BCUT2D eigenvalue weighted by atomic mass is 9.98. The Labute approximate surface area is 338 Å². The van der Waals surface area contributed by atoms with Crippen LogP contribution in [-0.2, 0) is 52.4 Å². The number of amides is 4. The van der Waals surface area contributed by atoms with Crippen LogP contribution in [-0.4, -0.2) is 104 Å². The normalized spacial score (nSPS) is 17.5. The van der Waals surface area contributed by atoms with Crippen LogP contribution >= 0.6 is 0 Å². The fourth-order valence-electron chi connectivity index (χ4n) is 7.97. The van der Waals surface area contributed by atoms with Crippen LogP contribution in [0.15, 0.2) is 66.0 Å². The van der Waals surface area contributed by atoms with Gasteiger partial charge in [-0.2, -0.15) is 0 Å². The third-order valence-corrected chi connectivity index (χ3v) is 11.1. The van der Waals surface area contributed by atoms with Crippen molar-refractivity contribution in [2.24, 2.45) is 7.05 Å². The lowest BCUT2D eigenvalue weighted by Gasteiger charge is -2.32. The summed E-state index contributed by atoms with van der Waals surface area (Å²) >= 11 is 0. The van der Waals surface area contributed by atoms with E-state index in [2.05, 4.69) is 25.5 Å². The van der Waals surface area contributed by atoms with Crippen LogP contribution in [0.3, 0.4) is 0 Å². The maximum absolute atomic E-state index is 13.1. The molecule has 0 spiro atoms. The monoisotopic (exact) mass is 804 g/mol. The lowest BCUT2D eigenvalue weighted by molar-refractivity contribution is -0.136. The number of hydrogen-bond donors (Lipinski definition) is 1. The lowest BCUT2D eigenvalue weighted by Crippen LogP contribution is -2.54. The van der Waals surface area contributed by atoms with E-state index in [9.17, 15) is 24.0 Å². The number of rotatable bonds is 14. The average Bonchev–Trinajstić information content (AvgIpc) is 3.81. The number of methoxy groups -OCH3 is 2. The van der Waals surface area contributed by atoms with Crippen molar-refractivity contribution in [2.45, 2.75) is 64.1 Å². The Hall–Kier alpha value is -6.30. The molecule has 3 aliphatic heterocycles. The molecule has 8 rings (SSSR count). The van der Waals surface area contributed by atoms with Gasteiger partial charge in [-0.25, -0.2) is 4.68 Å². The third kappa shape index (κ3) is 8.08. The van der Waals surface area contributed by atoms with Gasteiger partial charge in [-0.1, -0.05) is 11.3 Å². The summed E-state index contributed by atoms with van der Waals surface area (Å²) in [7, 11) is 5.04. The molecule has 0 radical (unpaired) electrons. The molecule has 1 N–H and O–H groups in total. The zero-order chi connectivity index (χ0) is 41.2. The molecule has 2 aromatic carbocycles. The van der Waals surface area contributed by atoms with Crippen molar-refractivity contribution in [1.29, 1.82) is 0 Å². The summed E-state index contributed by atoms with van der Waals surface area (Å²) in [6.07, 6.45) is 8.88. The molecular formula is C42H44N8O9. The summed E-state index contributed by atoms with van der Waals surface area (Å²) in [6.45, 7) is 3.61. The maximum Gasteiger partial charge on any atom is 0.262 e. The SMILES string of the molecule is COc1cc(-c2cn(C)c(=O)c3cnccc23)cc(OC)c1CN1CCC(OCc2cn(CCOCc3ccc4c(c3)C(=O)N(C3CCC(=O)NC3=O)C4=O)nn2)CC1. The van der Waals surface area contributed by atoms with E-state index < -0.39 is 29.7 Å². The number of fused-ring (bicyclic) bond motifs is 2. The van der Waals surface area contributed by atoms with E-state index >= 15 is 0 Å². The van der Waals surface area contributed by atoms with Crippen LogP contribution in [0.2, 0.25) is 0 Å². The largest absolute Gasteiger partial charge is 0.496 e. The number of nitrogens with zero attached hydrogens (tertiary/aromatic N) is 7. The molecule has 2 saturated heterocycles. The first-order valence-electron chi connectivity index (χ1n) is 19.5. The second kappa shape index (κ2) is 16.9. The number of likely N-dealkylation sites (tertiary alicyclic amines) is 1. The van der Waals surface area contributed by atoms with E-state index in [1.807, 2.05) is 30.6 Å². The quantitative estimate of drug-likeness (QED) is 0.128. The highest BCUT2D eigenvalue weighted by Crippen LogP contribution is 2.38. The number of benzene rings is 2. The Kier molecular flexibility index (Phi) is 11.3. The number of aryl methyl sites for hydroxylation is 1. The molecule has 1 unspecified atom stereocenters. The van der Waals surface area contributed by atoms with Gasteiger partial charge in [0.05, 0.1) is 75.0 Å². The molecule has 17 heteroatoms. The summed E-state index contributed by atoms with van der Waals surface area (Å²) in [6, 6.07) is 9.73. The fourth-order valence-corrected chi connectivity index (χ4v) is 7.97. The van der Waals surface area contributed by atoms with Gasteiger partial charge < -0.3 is 23.5 Å². The maximum atomic E-state index is 13.1. The van der Waals surface area contributed by atoms with Gasteiger partial charge in [0.15, 0.2) is 0 Å². The van der Waals surface area contributed by atoms with Crippen LogP contribution in [0.1, 0.15) is 63.2 Å². The number of imide groups is 2. The summed E-state index contributed by atoms with van der Waals surface area (Å²) in [5.74, 6) is -0.744. The van der Waals surface area contributed by atoms with Crippen molar-refractivity contribution in [3.05, 3.63) is 99.5 Å². The van der Waals surface area contributed by atoms with Crippen molar-refractivity contribution >= 4 is 34.4 Å². The number of carbonyl (C=O) groups excluding carboxylic acids is 4. The van der Waals surface area contributed by atoms with Crippen molar-refractivity contribution in [3.8, 4) is 22.6 Å². The van der Waals surface area contributed by atoms with Gasteiger partial charge in [0.1, 0.15) is 23.2 Å². The van der Waals surface area contributed by atoms with Crippen LogP contribution in [0, 0.1) is 0 Å². The average molecular weight is 805 g/mol. The van der Waals surface area contributed by atoms with E-state index in [0.717, 1.165) is 52.9 Å². The molecule has 3 aromatic heterocycles. The number of nitrogens with one attached hydrogen (secondary N) is 1. The van der Waals surface area contributed by atoms with Crippen molar-refractivity contribution < 1.29 is 38.1 Å². The number of ether oxygens (including phenoxy) is 4. The molecule has 1 atom stereocenters. The molecule has 5 aromatic rings. The summed E-state index contributed by atoms with van der Waals surface area (Å²) in [5, 5.41) is 12.0. The minimum Gasteiger partial charge on any atom is -0.496 e. The van der Waals surface area contributed by atoms with Crippen LogP contribution in [0.4, 0.5) is 0 Å². The molecule has 17 nitrogen and oxygen atoms in total. The standard InChI is InChI=1S/C42H44N8O9/c1-47-21-33(29-8-11-43-19-32(29)40(47)53)26-17-36(56-2)34(37(18-26)57-3)22-48-12-9-28(10-13-48)59-24-27-20-49(46-45-27)14-15-58-23-25-4-5-30-31(16-25)42(55)50(41(30)54)35-6-7-38(51)44-39(35)52/h4-5,8,11,16-21,28,35H,6-7,9-10,12-15,22-24H2,1-3H3,(H,44,51,52). The predicted molar refractivity (Wildman–Crippen MR) is 211 cm³/mol. The first-order chi connectivity index (χ1) is 28.6. The second-order valence-corrected chi connectivity index (χ2v) is 14.9. The highest BCUT2D eigenvalue weighted by Gasteiger charge is 2.44. The van der Waals surface area contributed by atoms with Crippen molar-refractivity contribution in [1.82, 2.24) is 39.7 Å². The Morgan fingerprint density at radius 3 is 2.36 bits per heavy atom. The molecule has 59 heavy (non-hydrogen) atoms. The smallest absolute Gasteiger partial charge is 0.262 e. The van der Waals surface area contributed by atoms with Gasteiger partial charge in [-0.15, -0.1) is 5.10 Å². The van der Waals surface area contributed by atoms with Gasteiger partial charge >= 0.3 is 0 Å². The topological polar surface area (TPSA) is 189 Å². The predicted octanol–water partition coefficient (Wildman–Crippen LogP) is 3.01. The molecular weight excluding hydrogens is 761 g/mol. The molecule has 306 valence electrons. The van der Waals surface area contributed by atoms with Crippen LogP contribution in [0.25, 0.3) is 21.9 Å². The van der Waals surface area contributed by atoms with E-state index in [1.165, 1.54) is 0 Å². The van der Waals surface area contributed by atoms with Gasteiger partial charge in [0.25, 0.3) is 17.4 Å². The Morgan fingerprint density at radius 1 is 0.847 bits per heavy atom. The van der Waals surface area contributed by atoms with Gasteiger partial charge in [0.2, 0.25) is 11.8 Å². The van der Waals surface area contributed by atoms with E-state index in [-0.39, 0.29) is 42.2 Å². The number of piperidine rings is 2.